The van der Waals surface area contributed by atoms with E-state index in [1.807, 2.05) is 48.5 Å². The maximum atomic E-state index is 13.9. The van der Waals surface area contributed by atoms with Gasteiger partial charge in [-0.15, -0.1) is 0 Å². The number of fused-ring (bicyclic) bond motifs is 3. The van der Waals surface area contributed by atoms with Crippen molar-refractivity contribution in [2.75, 3.05) is 11.9 Å². The summed E-state index contributed by atoms with van der Waals surface area (Å²) in [6, 6.07) is 18.6. The molecule has 3 aromatic carbocycles. The van der Waals surface area contributed by atoms with E-state index in [4.69, 9.17) is 9.84 Å². The third-order valence-electron chi connectivity index (χ3n) is 6.06. The Morgan fingerprint density at radius 3 is 2.23 bits per heavy atom. The lowest BCUT2D eigenvalue weighted by Crippen LogP contribution is -2.36. The molecule has 0 radical (unpaired) electrons. The number of carbonyl (C=O) groups is 3. The highest BCUT2D eigenvalue weighted by Gasteiger charge is 2.29. The van der Waals surface area contributed by atoms with Gasteiger partial charge in [-0.1, -0.05) is 55.5 Å². The Labute approximate surface area is 201 Å². The lowest BCUT2D eigenvalue weighted by Gasteiger charge is -2.18. The molecule has 1 aliphatic rings. The van der Waals surface area contributed by atoms with Gasteiger partial charge in [0.25, 0.3) is 5.91 Å². The number of carbonyl (C=O) groups excluding carboxylic acids is 2. The molecule has 0 fully saturated rings. The Bertz CT molecular complexity index is 1230. The molecule has 8 heteroatoms. The molecule has 0 saturated heterocycles. The largest absolute Gasteiger partial charge is 0.481 e. The second-order valence-corrected chi connectivity index (χ2v) is 8.32. The number of rotatable bonds is 8. The molecule has 4 rings (SSSR count). The summed E-state index contributed by atoms with van der Waals surface area (Å²) in [4.78, 5) is 36.4. The number of hydrogen-bond acceptors (Lipinski definition) is 4. The molecule has 0 aliphatic heterocycles. The first-order valence-corrected chi connectivity index (χ1v) is 11.3. The molecule has 0 aromatic heterocycles. The Hall–Kier alpha value is -4.20. The van der Waals surface area contributed by atoms with Crippen molar-refractivity contribution in [3.63, 3.8) is 0 Å². The van der Waals surface area contributed by atoms with Crippen LogP contribution in [0.2, 0.25) is 0 Å². The fourth-order valence-corrected chi connectivity index (χ4v) is 4.33. The molecule has 0 saturated carbocycles. The first kappa shape index (κ1) is 23.9. The van der Waals surface area contributed by atoms with Crippen molar-refractivity contribution < 1.29 is 28.6 Å². The zero-order valence-corrected chi connectivity index (χ0v) is 19.1. The van der Waals surface area contributed by atoms with Crippen molar-refractivity contribution in [3.8, 4) is 11.1 Å². The number of halogens is 1. The number of carboxylic acid groups (broad SMARTS) is 1. The van der Waals surface area contributed by atoms with E-state index in [0.29, 0.717) is 6.42 Å². The SMILES string of the molecule is CC[C@H](CC(=O)O)NC(=O)c1cc(F)ccc1NC(=O)OCC1c2ccccc2-c2ccccc21. The molecule has 3 N–H and O–H groups in total. The molecule has 0 bridgehead atoms. The summed E-state index contributed by atoms with van der Waals surface area (Å²) in [5.41, 5.74) is 4.26. The van der Waals surface area contributed by atoms with E-state index >= 15 is 0 Å². The molecule has 2 amide bonds. The van der Waals surface area contributed by atoms with Crippen LogP contribution in [0, 0.1) is 5.82 Å². The van der Waals surface area contributed by atoms with Crippen LogP contribution < -0.4 is 10.6 Å². The van der Waals surface area contributed by atoms with E-state index < -0.39 is 29.8 Å². The van der Waals surface area contributed by atoms with Crippen LogP contribution in [0.15, 0.2) is 66.7 Å². The molecule has 3 aromatic rings. The number of carboxylic acids is 1. The van der Waals surface area contributed by atoms with Crippen LogP contribution in [0.3, 0.4) is 0 Å². The summed E-state index contributed by atoms with van der Waals surface area (Å²) in [7, 11) is 0. The Morgan fingerprint density at radius 2 is 1.63 bits per heavy atom. The minimum absolute atomic E-state index is 0.0614. The van der Waals surface area contributed by atoms with Gasteiger partial charge in [-0.05, 0) is 46.9 Å². The second kappa shape index (κ2) is 10.4. The smallest absolute Gasteiger partial charge is 0.411 e. The van der Waals surface area contributed by atoms with Crippen LogP contribution in [0.5, 0.6) is 0 Å². The summed E-state index contributed by atoms with van der Waals surface area (Å²) >= 11 is 0. The Morgan fingerprint density at radius 1 is 1.00 bits per heavy atom. The van der Waals surface area contributed by atoms with Gasteiger partial charge in [0.05, 0.1) is 17.7 Å². The molecule has 1 aliphatic carbocycles. The van der Waals surface area contributed by atoms with Crippen molar-refractivity contribution in [1.29, 1.82) is 0 Å². The van der Waals surface area contributed by atoms with Gasteiger partial charge in [0.15, 0.2) is 0 Å². The molecule has 0 spiro atoms. The van der Waals surface area contributed by atoms with E-state index in [0.717, 1.165) is 34.4 Å². The third kappa shape index (κ3) is 5.32. The lowest BCUT2D eigenvalue weighted by molar-refractivity contribution is -0.137. The van der Waals surface area contributed by atoms with E-state index in [9.17, 15) is 18.8 Å². The van der Waals surface area contributed by atoms with Crippen LogP contribution in [0.4, 0.5) is 14.9 Å². The van der Waals surface area contributed by atoms with Crippen molar-refractivity contribution in [2.24, 2.45) is 0 Å². The Balaban J connectivity index is 1.46. The maximum absolute atomic E-state index is 13.9. The number of nitrogens with one attached hydrogen (secondary N) is 2. The average Bonchev–Trinajstić information content (AvgIpc) is 3.16. The Kier molecular flexibility index (Phi) is 7.10. The predicted molar refractivity (Wildman–Crippen MR) is 129 cm³/mol. The van der Waals surface area contributed by atoms with Crippen molar-refractivity contribution in [2.45, 2.75) is 31.7 Å². The van der Waals surface area contributed by atoms with Gasteiger partial charge in [0.1, 0.15) is 12.4 Å². The lowest BCUT2D eigenvalue weighted by atomic mass is 9.98. The molecule has 180 valence electrons. The molecule has 7 nitrogen and oxygen atoms in total. The van der Waals surface area contributed by atoms with Crippen LogP contribution >= 0.6 is 0 Å². The number of benzene rings is 3. The standard InChI is InChI=1S/C27H25FN2O5/c1-2-17(14-25(31)32)29-26(33)22-13-16(28)11-12-24(22)30-27(34)35-15-23-20-9-5-3-7-18(20)19-8-4-6-10-21(19)23/h3-13,17,23H,2,14-15H2,1H3,(H,29,33)(H,30,34)(H,31,32)/t17-/m1/s1. The van der Waals surface area contributed by atoms with Gasteiger partial charge in [0.2, 0.25) is 0 Å². The number of hydrogen-bond donors (Lipinski definition) is 3. The minimum Gasteiger partial charge on any atom is -0.481 e. The highest BCUT2D eigenvalue weighted by atomic mass is 19.1. The molecule has 35 heavy (non-hydrogen) atoms. The van der Waals surface area contributed by atoms with E-state index in [1.165, 1.54) is 6.07 Å². The summed E-state index contributed by atoms with van der Waals surface area (Å²) in [6.07, 6.45) is -0.681. The highest BCUT2D eigenvalue weighted by molar-refractivity contribution is 6.03. The summed E-state index contributed by atoms with van der Waals surface area (Å²) < 4.78 is 19.4. The van der Waals surface area contributed by atoms with Gasteiger partial charge >= 0.3 is 12.1 Å². The van der Waals surface area contributed by atoms with Gasteiger partial charge < -0.3 is 15.2 Å². The van der Waals surface area contributed by atoms with Crippen molar-refractivity contribution in [1.82, 2.24) is 5.32 Å². The zero-order chi connectivity index (χ0) is 24.9. The van der Waals surface area contributed by atoms with Crippen molar-refractivity contribution >= 4 is 23.7 Å². The van der Waals surface area contributed by atoms with Crippen LogP contribution in [0.1, 0.15) is 47.2 Å². The third-order valence-corrected chi connectivity index (χ3v) is 6.06. The van der Waals surface area contributed by atoms with E-state index in [1.54, 1.807) is 6.92 Å². The van der Waals surface area contributed by atoms with Crippen LogP contribution in [0.25, 0.3) is 11.1 Å². The highest BCUT2D eigenvalue weighted by Crippen LogP contribution is 2.44. The minimum atomic E-state index is -1.06. The summed E-state index contributed by atoms with van der Waals surface area (Å²) in [6.45, 7) is 1.81. The number of ether oxygens (including phenoxy) is 1. The van der Waals surface area contributed by atoms with Gasteiger partial charge in [-0.3, -0.25) is 14.9 Å². The van der Waals surface area contributed by atoms with E-state index in [-0.39, 0.29) is 30.2 Å². The molecule has 0 unspecified atom stereocenters. The summed E-state index contributed by atoms with van der Waals surface area (Å²) in [5, 5.41) is 14.1. The molecule has 1 atom stereocenters. The fraction of sp³-hybridized carbons (Fsp3) is 0.222. The normalized spacial score (nSPS) is 12.9. The number of aliphatic carboxylic acids is 1. The zero-order valence-electron chi connectivity index (χ0n) is 19.1. The molecular formula is C27H25FN2O5. The van der Waals surface area contributed by atoms with Gasteiger partial charge in [-0.2, -0.15) is 0 Å². The van der Waals surface area contributed by atoms with E-state index in [2.05, 4.69) is 10.6 Å². The molecule has 0 heterocycles. The number of anilines is 1. The predicted octanol–water partition coefficient (Wildman–Crippen LogP) is 5.17. The number of amides is 2. The van der Waals surface area contributed by atoms with Gasteiger partial charge in [0, 0.05) is 12.0 Å². The first-order chi connectivity index (χ1) is 16.9. The maximum Gasteiger partial charge on any atom is 0.411 e. The van der Waals surface area contributed by atoms with Crippen LogP contribution in [-0.4, -0.2) is 35.7 Å². The average molecular weight is 477 g/mol. The monoisotopic (exact) mass is 476 g/mol. The van der Waals surface area contributed by atoms with Crippen molar-refractivity contribution in [3.05, 3.63) is 89.2 Å². The molecular weight excluding hydrogens is 451 g/mol. The van der Waals surface area contributed by atoms with Gasteiger partial charge in [-0.25, -0.2) is 9.18 Å². The summed E-state index contributed by atoms with van der Waals surface area (Å²) in [5.74, 6) is -2.55. The quantitative estimate of drug-likeness (QED) is 0.416. The fourth-order valence-electron chi connectivity index (χ4n) is 4.33. The second-order valence-electron chi connectivity index (χ2n) is 8.32. The topological polar surface area (TPSA) is 105 Å². The van der Waals surface area contributed by atoms with Crippen LogP contribution in [-0.2, 0) is 9.53 Å². The first-order valence-electron chi connectivity index (χ1n) is 11.3.